The molecule has 0 radical (unpaired) electrons. The second-order valence-corrected chi connectivity index (χ2v) is 8.08. The highest BCUT2D eigenvalue weighted by molar-refractivity contribution is 5.96. The van der Waals surface area contributed by atoms with Crippen LogP contribution in [0.1, 0.15) is 62.3 Å². The van der Waals surface area contributed by atoms with Gasteiger partial charge in [0.1, 0.15) is 0 Å². The van der Waals surface area contributed by atoms with Gasteiger partial charge in [0.2, 0.25) is 0 Å². The van der Waals surface area contributed by atoms with Gasteiger partial charge in [0.25, 0.3) is 5.91 Å². The normalized spacial score (nSPS) is 12.5. The lowest BCUT2D eigenvalue weighted by Gasteiger charge is -2.20. The average molecular weight is 422 g/mol. The lowest BCUT2D eigenvalue weighted by molar-refractivity contribution is 0.0935. The first kappa shape index (κ1) is 22.9. The topological polar surface area (TPSA) is 62.5 Å². The first-order valence-corrected chi connectivity index (χ1v) is 11.5. The van der Waals surface area contributed by atoms with Gasteiger partial charge in [-0.2, -0.15) is 5.10 Å². The van der Waals surface area contributed by atoms with E-state index in [1.54, 1.807) is 6.20 Å². The number of hydrogen-bond donors (Lipinski definition) is 1. The number of aromatic nitrogens is 3. The number of hydrogen-bond acceptors (Lipinski definition) is 4. The average Bonchev–Trinajstić information content (AvgIpc) is 3.12. The lowest BCUT2D eigenvalue weighted by Crippen LogP contribution is -2.34. The Bertz CT molecular complexity index is 1010. The van der Waals surface area contributed by atoms with Crippen molar-refractivity contribution in [3.05, 3.63) is 53.5 Å². The smallest absolute Gasteiger partial charge is 0.254 e. The molecule has 0 bridgehead atoms. The van der Waals surface area contributed by atoms with Crippen LogP contribution in [-0.4, -0.2) is 51.1 Å². The molecule has 6 nitrogen and oxygen atoms in total. The molecule has 0 saturated heterocycles. The predicted octanol–water partition coefficient (Wildman–Crippen LogP) is 4.51. The minimum Gasteiger partial charge on any atom is -0.349 e. The van der Waals surface area contributed by atoms with Gasteiger partial charge in [0, 0.05) is 17.8 Å². The molecular weight excluding hydrogens is 386 g/mol. The monoisotopic (exact) mass is 421 g/mol. The Labute approximate surface area is 185 Å². The largest absolute Gasteiger partial charge is 0.349 e. The number of rotatable bonds is 10. The lowest BCUT2D eigenvalue weighted by atomic mass is 10.1. The molecule has 1 aromatic carbocycles. The van der Waals surface area contributed by atoms with Crippen molar-refractivity contribution in [2.45, 2.75) is 59.9 Å². The van der Waals surface area contributed by atoms with E-state index in [-0.39, 0.29) is 11.9 Å². The summed E-state index contributed by atoms with van der Waals surface area (Å²) >= 11 is 0. The van der Waals surface area contributed by atoms with E-state index in [1.807, 2.05) is 29.6 Å². The highest BCUT2D eigenvalue weighted by atomic mass is 16.1. The Morgan fingerprint density at radius 2 is 1.87 bits per heavy atom. The van der Waals surface area contributed by atoms with Crippen LogP contribution in [-0.2, 0) is 6.42 Å². The molecule has 3 aromatic rings. The highest BCUT2D eigenvalue weighted by Gasteiger charge is 2.20. The molecule has 0 unspecified atom stereocenters. The molecule has 6 heteroatoms. The fourth-order valence-corrected chi connectivity index (χ4v) is 4.14. The van der Waals surface area contributed by atoms with E-state index in [2.05, 4.69) is 55.0 Å². The van der Waals surface area contributed by atoms with Crippen molar-refractivity contribution < 1.29 is 4.79 Å². The first-order chi connectivity index (χ1) is 15.0. The van der Waals surface area contributed by atoms with Crippen molar-refractivity contribution in [3.63, 3.8) is 0 Å². The summed E-state index contributed by atoms with van der Waals surface area (Å²) in [7, 11) is 0. The Balaban J connectivity index is 1.80. The van der Waals surface area contributed by atoms with E-state index in [4.69, 9.17) is 5.10 Å². The Kier molecular flexibility index (Phi) is 7.80. The molecule has 3 rings (SSSR count). The Morgan fingerprint density at radius 3 is 2.52 bits per heavy atom. The molecule has 0 aliphatic heterocycles. The van der Waals surface area contributed by atoms with E-state index in [1.165, 1.54) is 0 Å². The van der Waals surface area contributed by atoms with Gasteiger partial charge in [-0.1, -0.05) is 51.1 Å². The fourth-order valence-electron chi connectivity index (χ4n) is 4.14. The van der Waals surface area contributed by atoms with Crippen LogP contribution >= 0.6 is 0 Å². The van der Waals surface area contributed by atoms with E-state index < -0.39 is 0 Å². The maximum Gasteiger partial charge on any atom is 0.254 e. The van der Waals surface area contributed by atoms with Crippen LogP contribution in [0.4, 0.5) is 0 Å². The summed E-state index contributed by atoms with van der Waals surface area (Å²) in [6.07, 6.45) is 4.44. The second kappa shape index (κ2) is 10.5. The van der Waals surface area contributed by atoms with E-state index in [0.29, 0.717) is 12.0 Å². The molecule has 1 amide bonds. The van der Waals surface area contributed by atoms with Crippen LogP contribution in [0.2, 0.25) is 0 Å². The molecule has 0 saturated carbocycles. The van der Waals surface area contributed by atoms with Gasteiger partial charge in [-0.05, 0) is 58.3 Å². The van der Waals surface area contributed by atoms with Gasteiger partial charge in [0.05, 0.1) is 17.0 Å². The molecule has 2 aromatic heterocycles. The zero-order valence-corrected chi connectivity index (χ0v) is 19.5. The third kappa shape index (κ3) is 5.13. The molecule has 0 fully saturated rings. The maximum absolute atomic E-state index is 13.0. The van der Waals surface area contributed by atoms with E-state index in [9.17, 15) is 4.79 Å². The van der Waals surface area contributed by atoms with Crippen molar-refractivity contribution >= 4 is 11.6 Å². The molecule has 0 aliphatic carbocycles. The van der Waals surface area contributed by atoms with Gasteiger partial charge in [0.15, 0.2) is 5.65 Å². The van der Waals surface area contributed by atoms with Crippen molar-refractivity contribution in [1.82, 2.24) is 24.8 Å². The molecular formula is C25H35N5O. The van der Waals surface area contributed by atoms with Crippen LogP contribution in [0.15, 0.2) is 36.5 Å². The van der Waals surface area contributed by atoms with Gasteiger partial charge in [-0.15, -0.1) is 0 Å². The first-order valence-electron chi connectivity index (χ1n) is 11.5. The molecule has 1 N–H and O–H groups in total. The number of nitrogens with one attached hydrogen (secondary N) is 1. The Morgan fingerprint density at radius 1 is 1.16 bits per heavy atom. The summed E-state index contributed by atoms with van der Waals surface area (Å²) in [5.74, 6) is -0.0731. The quantitative estimate of drug-likeness (QED) is 0.523. The third-order valence-electron chi connectivity index (χ3n) is 5.94. The van der Waals surface area contributed by atoms with Gasteiger partial charge < -0.3 is 10.2 Å². The Hall–Kier alpha value is -2.73. The van der Waals surface area contributed by atoms with Crippen molar-refractivity contribution in [3.8, 4) is 11.1 Å². The van der Waals surface area contributed by atoms with Crippen molar-refractivity contribution in [1.29, 1.82) is 0 Å². The number of carbonyl (C=O) groups excluding carboxylic acids is 1. The number of fused-ring (bicyclic) bond motifs is 1. The van der Waals surface area contributed by atoms with Crippen LogP contribution in [0.3, 0.4) is 0 Å². The molecule has 0 aliphatic rings. The molecule has 0 spiro atoms. The number of amides is 1. The fraction of sp³-hybridized carbons (Fsp3) is 0.480. The number of benzene rings is 1. The summed E-state index contributed by atoms with van der Waals surface area (Å²) in [6.45, 7) is 13.7. The number of nitrogens with zero attached hydrogens (tertiary/aromatic N) is 4. The maximum atomic E-state index is 13.0. The molecule has 1 atom stereocenters. The SMILES string of the molecule is CCc1c(C(=O)N[C@@H](C)CCCN(CC)CC)cnc2c(-c3ccccc3)c(C)nn12. The number of carbonyl (C=O) groups is 1. The zero-order chi connectivity index (χ0) is 22.4. The zero-order valence-electron chi connectivity index (χ0n) is 19.5. The minimum absolute atomic E-state index is 0.0731. The van der Waals surface area contributed by atoms with Gasteiger partial charge in [-0.3, -0.25) is 4.79 Å². The van der Waals surface area contributed by atoms with Crippen molar-refractivity contribution in [2.75, 3.05) is 19.6 Å². The van der Waals surface area contributed by atoms with E-state index >= 15 is 0 Å². The standard InChI is InChI=1S/C25H35N5O/c1-6-22-21(25(31)27-18(4)13-12-16-29(7-2)8-3)17-26-24-23(19(5)28-30(22)24)20-14-10-9-11-15-20/h9-11,14-15,17-18H,6-8,12-13,16H2,1-5H3,(H,27,31)/t18-/m0/s1. The highest BCUT2D eigenvalue weighted by Crippen LogP contribution is 2.28. The summed E-state index contributed by atoms with van der Waals surface area (Å²) in [6, 6.07) is 10.3. The summed E-state index contributed by atoms with van der Waals surface area (Å²) in [5.41, 5.74) is 5.31. The predicted molar refractivity (Wildman–Crippen MR) is 126 cm³/mol. The molecule has 31 heavy (non-hydrogen) atoms. The minimum atomic E-state index is -0.0731. The van der Waals surface area contributed by atoms with Crippen molar-refractivity contribution in [2.24, 2.45) is 0 Å². The molecule has 166 valence electrons. The van der Waals surface area contributed by atoms with Crippen LogP contribution in [0.25, 0.3) is 16.8 Å². The summed E-state index contributed by atoms with van der Waals surface area (Å²) in [5, 5.41) is 7.90. The molecule has 2 heterocycles. The summed E-state index contributed by atoms with van der Waals surface area (Å²) < 4.78 is 1.84. The van der Waals surface area contributed by atoms with Gasteiger partial charge in [-0.25, -0.2) is 9.50 Å². The van der Waals surface area contributed by atoms with E-state index in [0.717, 1.165) is 60.6 Å². The van der Waals surface area contributed by atoms with Gasteiger partial charge >= 0.3 is 0 Å². The second-order valence-electron chi connectivity index (χ2n) is 8.08. The van der Waals surface area contributed by atoms with Crippen LogP contribution < -0.4 is 5.32 Å². The summed E-state index contributed by atoms with van der Waals surface area (Å²) in [4.78, 5) is 20.1. The van der Waals surface area contributed by atoms with Crippen LogP contribution in [0.5, 0.6) is 0 Å². The third-order valence-corrected chi connectivity index (χ3v) is 5.94. The number of aryl methyl sites for hydroxylation is 2. The van der Waals surface area contributed by atoms with Crippen LogP contribution in [0, 0.1) is 6.92 Å².